The summed E-state index contributed by atoms with van der Waals surface area (Å²) in [5, 5.41) is 17.3. The lowest BCUT2D eigenvalue weighted by Gasteiger charge is -2.07. The number of benzene rings is 1. The fraction of sp³-hybridized carbons (Fsp3) is 0.200. The molecular weight excluding hydrogens is 201 g/mol. The Balaban J connectivity index is 3.34. The van der Waals surface area contributed by atoms with Gasteiger partial charge in [-0.05, 0) is 19.1 Å². The van der Waals surface area contributed by atoms with Crippen molar-refractivity contribution < 1.29 is 19.0 Å². The van der Waals surface area contributed by atoms with Crippen LogP contribution in [0.25, 0.3) is 0 Å². The Morgan fingerprint density at radius 2 is 2.33 bits per heavy atom. The first-order chi connectivity index (χ1) is 7.11. The van der Waals surface area contributed by atoms with Crippen LogP contribution in [0.4, 0.5) is 4.39 Å². The molecule has 1 N–H and O–H groups in total. The van der Waals surface area contributed by atoms with E-state index in [1.807, 2.05) is 0 Å². The number of nitriles is 1. The van der Waals surface area contributed by atoms with Gasteiger partial charge in [-0.15, -0.1) is 0 Å². The largest absolute Gasteiger partial charge is 0.492 e. The zero-order valence-electron chi connectivity index (χ0n) is 7.95. The molecule has 4 nitrogen and oxygen atoms in total. The van der Waals surface area contributed by atoms with Gasteiger partial charge in [-0.3, -0.25) is 0 Å². The average molecular weight is 209 g/mol. The lowest BCUT2D eigenvalue weighted by Crippen LogP contribution is -2.05. The van der Waals surface area contributed by atoms with Crippen LogP contribution in [0.1, 0.15) is 22.8 Å². The molecule has 0 aliphatic rings. The second-order valence-corrected chi connectivity index (χ2v) is 2.65. The molecule has 1 aromatic rings. The van der Waals surface area contributed by atoms with Gasteiger partial charge in [0.05, 0.1) is 12.2 Å². The van der Waals surface area contributed by atoms with Crippen LogP contribution >= 0.6 is 0 Å². The van der Waals surface area contributed by atoms with Crippen molar-refractivity contribution in [3.05, 3.63) is 29.1 Å². The number of halogens is 1. The van der Waals surface area contributed by atoms with Gasteiger partial charge in [-0.25, -0.2) is 9.18 Å². The fourth-order valence-electron chi connectivity index (χ4n) is 1.10. The Morgan fingerprint density at radius 1 is 1.67 bits per heavy atom. The highest BCUT2D eigenvalue weighted by atomic mass is 19.1. The fourth-order valence-corrected chi connectivity index (χ4v) is 1.10. The van der Waals surface area contributed by atoms with Gasteiger partial charge in [0.1, 0.15) is 17.4 Å². The lowest BCUT2D eigenvalue weighted by molar-refractivity contribution is 0.0691. The van der Waals surface area contributed by atoms with E-state index < -0.39 is 17.3 Å². The summed E-state index contributed by atoms with van der Waals surface area (Å²) in [6.45, 7) is 1.96. The third kappa shape index (κ3) is 2.05. The molecule has 1 aromatic carbocycles. The molecule has 0 radical (unpaired) electrons. The maximum atomic E-state index is 13.4. The number of hydrogen-bond acceptors (Lipinski definition) is 3. The summed E-state index contributed by atoms with van der Waals surface area (Å²) in [4.78, 5) is 10.6. The molecule has 0 amide bonds. The minimum atomic E-state index is -1.41. The number of carboxylic acid groups (broad SMARTS) is 1. The van der Waals surface area contributed by atoms with Crippen LogP contribution in [0.2, 0.25) is 0 Å². The van der Waals surface area contributed by atoms with E-state index in [4.69, 9.17) is 15.1 Å². The molecule has 0 aromatic heterocycles. The van der Waals surface area contributed by atoms with E-state index in [1.165, 1.54) is 6.07 Å². The van der Waals surface area contributed by atoms with Crippen LogP contribution in [0.15, 0.2) is 12.1 Å². The van der Waals surface area contributed by atoms with Crippen LogP contribution in [-0.2, 0) is 0 Å². The summed E-state index contributed by atoms with van der Waals surface area (Å²) in [7, 11) is 0. The molecule has 0 spiro atoms. The molecule has 0 saturated heterocycles. The van der Waals surface area contributed by atoms with E-state index in [1.54, 1.807) is 13.0 Å². The standard InChI is InChI=1S/C10H8FNO3/c1-2-15-8-4-3-6(10(13)14)9(11)7(8)5-12/h3-4H,2H2,1H3,(H,13,14). The molecular formula is C10H8FNO3. The van der Waals surface area contributed by atoms with Gasteiger partial charge in [-0.2, -0.15) is 5.26 Å². The van der Waals surface area contributed by atoms with Crippen LogP contribution in [0, 0.1) is 17.1 Å². The minimum absolute atomic E-state index is 0.0579. The van der Waals surface area contributed by atoms with Crippen LogP contribution < -0.4 is 4.74 Å². The number of rotatable bonds is 3. The molecule has 0 aliphatic heterocycles. The molecule has 0 saturated carbocycles. The highest BCUT2D eigenvalue weighted by molar-refractivity contribution is 5.88. The number of ether oxygens (including phenoxy) is 1. The maximum absolute atomic E-state index is 13.4. The SMILES string of the molecule is CCOc1ccc(C(=O)O)c(F)c1C#N. The number of nitrogens with zero attached hydrogens (tertiary/aromatic N) is 1. The Morgan fingerprint density at radius 3 is 2.80 bits per heavy atom. The normalized spacial score (nSPS) is 9.40. The summed E-state index contributed by atoms with van der Waals surface area (Å²) >= 11 is 0. The Bertz CT molecular complexity index is 437. The highest BCUT2D eigenvalue weighted by Crippen LogP contribution is 2.23. The topological polar surface area (TPSA) is 70.3 Å². The molecule has 78 valence electrons. The van der Waals surface area contributed by atoms with Gasteiger partial charge in [0.15, 0.2) is 5.82 Å². The second kappa shape index (κ2) is 4.42. The third-order valence-corrected chi connectivity index (χ3v) is 1.75. The number of carboxylic acids is 1. The predicted molar refractivity (Wildman–Crippen MR) is 49.2 cm³/mol. The predicted octanol–water partition coefficient (Wildman–Crippen LogP) is 1.79. The maximum Gasteiger partial charge on any atom is 0.338 e. The van der Waals surface area contributed by atoms with E-state index in [0.29, 0.717) is 0 Å². The van der Waals surface area contributed by atoms with Gasteiger partial charge < -0.3 is 9.84 Å². The van der Waals surface area contributed by atoms with Crippen molar-refractivity contribution in [3.63, 3.8) is 0 Å². The van der Waals surface area contributed by atoms with Crippen molar-refractivity contribution in [3.8, 4) is 11.8 Å². The first-order valence-corrected chi connectivity index (χ1v) is 4.20. The Labute approximate surface area is 85.5 Å². The molecule has 0 bridgehead atoms. The third-order valence-electron chi connectivity index (χ3n) is 1.75. The zero-order chi connectivity index (χ0) is 11.4. The van der Waals surface area contributed by atoms with Crippen LogP contribution in [-0.4, -0.2) is 17.7 Å². The van der Waals surface area contributed by atoms with Crippen molar-refractivity contribution in [1.29, 1.82) is 5.26 Å². The van der Waals surface area contributed by atoms with Crippen molar-refractivity contribution in [1.82, 2.24) is 0 Å². The van der Waals surface area contributed by atoms with Gasteiger partial charge in [-0.1, -0.05) is 0 Å². The monoisotopic (exact) mass is 209 g/mol. The minimum Gasteiger partial charge on any atom is -0.492 e. The van der Waals surface area contributed by atoms with E-state index in [0.717, 1.165) is 6.07 Å². The Kier molecular flexibility index (Phi) is 3.24. The molecule has 5 heteroatoms. The molecule has 15 heavy (non-hydrogen) atoms. The molecule has 0 heterocycles. The molecule has 0 fully saturated rings. The molecule has 0 atom stereocenters. The first kappa shape index (κ1) is 11.0. The van der Waals surface area contributed by atoms with Crippen molar-refractivity contribution >= 4 is 5.97 Å². The zero-order valence-corrected chi connectivity index (χ0v) is 7.95. The van der Waals surface area contributed by atoms with Gasteiger partial charge in [0, 0.05) is 0 Å². The van der Waals surface area contributed by atoms with Crippen molar-refractivity contribution in [2.24, 2.45) is 0 Å². The lowest BCUT2D eigenvalue weighted by atomic mass is 10.1. The van der Waals surface area contributed by atoms with Crippen LogP contribution in [0.3, 0.4) is 0 Å². The smallest absolute Gasteiger partial charge is 0.338 e. The Hall–Kier alpha value is -2.09. The van der Waals surface area contributed by atoms with Gasteiger partial charge >= 0.3 is 5.97 Å². The van der Waals surface area contributed by atoms with Gasteiger partial charge in [0.25, 0.3) is 0 Å². The van der Waals surface area contributed by atoms with E-state index in [9.17, 15) is 9.18 Å². The summed E-state index contributed by atoms with van der Waals surface area (Å²) in [5.41, 5.74) is -0.910. The van der Waals surface area contributed by atoms with Crippen molar-refractivity contribution in [2.45, 2.75) is 6.92 Å². The average Bonchev–Trinajstić information content (AvgIpc) is 2.18. The number of aromatic carboxylic acids is 1. The first-order valence-electron chi connectivity index (χ1n) is 4.20. The van der Waals surface area contributed by atoms with Crippen LogP contribution in [0.5, 0.6) is 5.75 Å². The molecule has 0 unspecified atom stereocenters. The quantitative estimate of drug-likeness (QED) is 0.823. The summed E-state index contributed by atoms with van der Waals surface area (Å²) in [6.07, 6.45) is 0. The summed E-state index contributed by atoms with van der Waals surface area (Å²) in [6, 6.07) is 3.93. The summed E-state index contributed by atoms with van der Waals surface area (Å²) in [5.74, 6) is -2.41. The molecule has 0 aliphatic carbocycles. The molecule has 1 rings (SSSR count). The van der Waals surface area contributed by atoms with E-state index in [2.05, 4.69) is 0 Å². The summed E-state index contributed by atoms with van der Waals surface area (Å²) < 4.78 is 18.4. The van der Waals surface area contributed by atoms with Gasteiger partial charge in [0.2, 0.25) is 0 Å². The van der Waals surface area contributed by atoms with E-state index >= 15 is 0 Å². The number of carbonyl (C=O) groups is 1. The van der Waals surface area contributed by atoms with E-state index in [-0.39, 0.29) is 17.9 Å². The second-order valence-electron chi connectivity index (χ2n) is 2.65. The highest BCUT2D eigenvalue weighted by Gasteiger charge is 2.18. The number of hydrogen-bond donors (Lipinski definition) is 1. The van der Waals surface area contributed by atoms with Crippen molar-refractivity contribution in [2.75, 3.05) is 6.61 Å².